The molecule has 1 N–H and O–H groups in total. The molecule has 0 aliphatic rings. The Morgan fingerprint density at radius 3 is 2.76 bits per heavy atom. The maximum atomic E-state index is 11.8. The van der Waals surface area contributed by atoms with Crippen LogP contribution in [0.3, 0.4) is 0 Å². The highest BCUT2D eigenvalue weighted by Crippen LogP contribution is 2.21. The van der Waals surface area contributed by atoms with Gasteiger partial charge >= 0.3 is 0 Å². The first-order valence-corrected chi connectivity index (χ1v) is 5.87. The molecule has 17 heavy (non-hydrogen) atoms. The van der Waals surface area contributed by atoms with E-state index in [1.807, 2.05) is 18.2 Å². The van der Waals surface area contributed by atoms with Gasteiger partial charge in [-0.15, -0.1) is 0 Å². The number of para-hydroxylation sites is 1. The fourth-order valence-electron chi connectivity index (χ4n) is 1.20. The van der Waals surface area contributed by atoms with Crippen molar-refractivity contribution in [2.24, 2.45) is 0 Å². The lowest BCUT2D eigenvalue weighted by atomic mass is 10.3. The minimum Gasteiger partial charge on any atom is -0.320 e. The summed E-state index contributed by atoms with van der Waals surface area (Å²) in [5.41, 5.74) is 0.840. The van der Waals surface area contributed by atoms with Gasteiger partial charge in [-0.1, -0.05) is 23.7 Å². The molecule has 2 rings (SSSR count). The standard InChI is InChI=1S/C11H7BrClN3O/c12-7-3-1-2-4-8(7)16-11(17)9-5-14-6-10(13)15-9/h1-6H,(H,16,17). The normalized spacial score (nSPS) is 10.0. The van der Waals surface area contributed by atoms with Gasteiger partial charge in [0.05, 0.1) is 18.1 Å². The zero-order valence-electron chi connectivity index (χ0n) is 8.52. The lowest BCUT2D eigenvalue weighted by Crippen LogP contribution is -2.14. The number of carbonyl (C=O) groups excluding carboxylic acids is 1. The molecule has 0 bridgehead atoms. The Labute approximate surface area is 111 Å². The first-order chi connectivity index (χ1) is 8.16. The van der Waals surface area contributed by atoms with E-state index in [4.69, 9.17) is 11.6 Å². The summed E-state index contributed by atoms with van der Waals surface area (Å²) < 4.78 is 0.795. The van der Waals surface area contributed by atoms with Gasteiger partial charge in [0.2, 0.25) is 0 Å². The lowest BCUT2D eigenvalue weighted by molar-refractivity contribution is 0.102. The van der Waals surface area contributed by atoms with Gasteiger partial charge in [0.1, 0.15) is 10.8 Å². The highest BCUT2D eigenvalue weighted by Gasteiger charge is 2.10. The molecule has 0 aliphatic carbocycles. The monoisotopic (exact) mass is 311 g/mol. The number of carbonyl (C=O) groups is 1. The molecular formula is C11H7BrClN3O. The Hall–Kier alpha value is -1.46. The van der Waals surface area contributed by atoms with E-state index in [-0.39, 0.29) is 16.8 Å². The average molecular weight is 313 g/mol. The van der Waals surface area contributed by atoms with Gasteiger partial charge in [0.15, 0.2) is 0 Å². The van der Waals surface area contributed by atoms with Crippen molar-refractivity contribution in [1.82, 2.24) is 9.97 Å². The van der Waals surface area contributed by atoms with Gasteiger partial charge in [0, 0.05) is 4.47 Å². The third kappa shape index (κ3) is 3.01. The van der Waals surface area contributed by atoms with Crippen LogP contribution in [0.4, 0.5) is 5.69 Å². The molecule has 86 valence electrons. The van der Waals surface area contributed by atoms with Gasteiger partial charge in [0.25, 0.3) is 5.91 Å². The second-order valence-electron chi connectivity index (χ2n) is 3.16. The van der Waals surface area contributed by atoms with Gasteiger partial charge < -0.3 is 5.32 Å². The summed E-state index contributed by atoms with van der Waals surface area (Å²) >= 11 is 9.00. The Morgan fingerprint density at radius 1 is 1.29 bits per heavy atom. The molecular weight excluding hydrogens is 305 g/mol. The number of hydrogen-bond donors (Lipinski definition) is 1. The molecule has 0 aliphatic heterocycles. The predicted octanol–water partition coefficient (Wildman–Crippen LogP) is 3.14. The van der Waals surface area contributed by atoms with Crippen molar-refractivity contribution in [3.8, 4) is 0 Å². The van der Waals surface area contributed by atoms with Gasteiger partial charge in [-0.2, -0.15) is 0 Å². The molecule has 0 fully saturated rings. The van der Waals surface area contributed by atoms with Crippen LogP contribution in [0.5, 0.6) is 0 Å². The van der Waals surface area contributed by atoms with E-state index in [1.54, 1.807) is 6.07 Å². The summed E-state index contributed by atoms with van der Waals surface area (Å²) in [6, 6.07) is 7.29. The fraction of sp³-hybridized carbons (Fsp3) is 0. The van der Waals surface area contributed by atoms with Crippen LogP contribution in [0.1, 0.15) is 10.5 Å². The summed E-state index contributed by atoms with van der Waals surface area (Å²) in [4.78, 5) is 19.5. The highest BCUT2D eigenvalue weighted by molar-refractivity contribution is 9.10. The number of aromatic nitrogens is 2. The first kappa shape index (κ1) is 12.0. The largest absolute Gasteiger partial charge is 0.320 e. The van der Waals surface area contributed by atoms with Crippen molar-refractivity contribution in [2.75, 3.05) is 5.32 Å². The average Bonchev–Trinajstić information content (AvgIpc) is 2.32. The molecule has 1 amide bonds. The van der Waals surface area contributed by atoms with E-state index in [9.17, 15) is 4.79 Å². The van der Waals surface area contributed by atoms with Crippen LogP contribution in [0.25, 0.3) is 0 Å². The molecule has 6 heteroatoms. The van der Waals surface area contributed by atoms with Crippen molar-refractivity contribution >= 4 is 39.1 Å². The third-order valence-electron chi connectivity index (χ3n) is 1.96. The number of rotatable bonds is 2. The fourth-order valence-corrected chi connectivity index (χ4v) is 1.73. The molecule has 1 aromatic carbocycles. The smallest absolute Gasteiger partial charge is 0.275 e. The van der Waals surface area contributed by atoms with Crippen LogP contribution in [0, 0.1) is 0 Å². The van der Waals surface area contributed by atoms with E-state index >= 15 is 0 Å². The number of anilines is 1. The number of halogens is 2. The van der Waals surface area contributed by atoms with E-state index in [2.05, 4.69) is 31.2 Å². The van der Waals surface area contributed by atoms with Gasteiger partial charge in [-0.25, -0.2) is 4.98 Å². The van der Waals surface area contributed by atoms with Crippen LogP contribution in [0.15, 0.2) is 41.1 Å². The van der Waals surface area contributed by atoms with Crippen molar-refractivity contribution in [1.29, 1.82) is 0 Å². The molecule has 1 heterocycles. The van der Waals surface area contributed by atoms with Crippen molar-refractivity contribution in [3.63, 3.8) is 0 Å². The van der Waals surface area contributed by atoms with Crippen molar-refractivity contribution in [2.45, 2.75) is 0 Å². The summed E-state index contributed by atoms with van der Waals surface area (Å²) in [5, 5.41) is 2.89. The van der Waals surface area contributed by atoms with E-state index < -0.39 is 0 Å². The predicted molar refractivity (Wildman–Crippen MR) is 69.1 cm³/mol. The quantitative estimate of drug-likeness (QED) is 0.927. The van der Waals surface area contributed by atoms with E-state index in [0.717, 1.165) is 4.47 Å². The molecule has 4 nitrogen and oxygen atoms in total. The van der Waals surface area contributed by atoms with Crippen LogP contribution in [-0.4, -0.2) is 15.9 Å². The van der Waals surface area contributed by atoms with Crippen LogP contribution in [0.2, 0.25) is 5.15 Å². The topological polar surface area (TPSA) is 54.9 Å². The minimum atomic E-state index is -0.355. The van der Waals surface area contributed by atoms with Crippen LogP contribution in [-0.2, 0) is 0 Å². The van der Waals surface area contributed by atoms with Crippen molar-refractivity contribution in [3.05, 3.63) is 52.0 Å². The molecule has 0 atom stereocenters. The lowest BCUT2D eigenvalue weighted by Gasteiger charge is -2.06. The number of hydrogen-bond acceptors (Lipinski definition) is 3. The molecule has 1 aromatic heterocycles. The van der Waals surface area contributed by atoms with Crippen LogP contribution >= 0.6 is 27.5 Å². The third-order valence-corrected chi connectivity index (χ3v) is 2.83. The molecule has 2 aromatic rings. The van der Waals surface area contributed by atoms with E-state index in [1.165, 1.54) is 12.4 Å². The van der Waals surface area contributed by atoms with Gasteiger partial charge in [-0.05, 0) is 28.1 Å². The second kappa shape index (κ2) is 5.25. The Morgan fingerprint density at radius 2 is 2.06 bits per heavy atom. The summed E-state index contributed by atoms with van der Waals surface area (Å²) in [6.07, 6.45) is 2.73. The number of benzene rings is 1. The maximum Gasteiger partial charge on any atom is 0.275 e. The Kier molecular flexibility index (Phi) is 3.71. The van der Waals surface area contributed by atoms with E-state index in [0.29, 0.717) is 5.69 Å². The maximum absolute atomic E-state index is 11.8. The van der Waals surface area contributed by atoms with Crippen LogP contribution < -0.4 is 5.32 Å². The molecule has 0 radical (unpaired) electrons. The zero-order valence-corrected chi connectivity index (χ0v) is 10.9. The Balaban J connectivity index is 2.20. The van der Waals surface area contributed by atoms with Gasteiger partial charge in [-0.3, -0.25) is 9.78 Å². The second-order valence-corrected chi connectivity index (χ2v) is 4.40. The highest BCUT2D eigenvalue weighted by atomic mass is 79.9. The minimum absolute atomic E-state index is 0.174. The van der Waals surface area contributed by atoms with Crippen molar-refractivity contribution < 1.29 is 4.79 Å². The molecule has 0 spiro atoms. The number of nitrogens with zero attached hydrogens (tertiary/aromatic N) is 2. The SMILES string of the molecule is O=C(Nc1ccccc1Br)c1cncc(Cl)n1. The molecule has 0 saturated carbocycles. The molecule has 0 saturated heterocycles. The Bertz CT molecular complexity index is 562. The zero-order chi connectivity index (χ0) is 12.3. The summed E-state index contributed by atoms with van der Waals surface area (Å²) in [7, 11) is 0. The number of amides is 1. The number of nitrogens with one attached hydrogen (secondary N) is 1. The summed E-state index contributed by atoms with van der Waals surface area (Å²) in [5.74, 6) is -0.355. The summed E-state index contributed by atoms with van der Waals surface area (Å²) in [6.45, 7) is 0. The first-order valence-electron chi connectivity index (χ1n) is 4.70. The molecule has 0 unspecified atom stereocenters.